The summed E-state index contributed by atoms with van der Waals surface area (Å²) >= 11 is 0. The van der Waals surface area contributed by atoms with Gasteiger partial charge in [0, 0.05) is 5.69 Å². The van der Waals surface area contributed by atoms with Gasteiger partial charge < -0.3 is 5.32 Å². The fourth-order valence-corrected chi connectivity index (χ4v) is 3.17. The summed E-state index contributed by atoms with van der Waals surface area (Å²) in [5, 5.41) is 3.62. The van der Waals surface area contributed by atoms with Gasteiger partial charge in [0.05, 0.1) is 11.7 Å². The Kier molecular flexibility index (Phi) is 4.35. The fourth-order valence-electron chi connectivity index (χ4n) is 3.17. The van der Waals surface area contributed by atoms with Crippen molar-refractivity contribution in [3.05, 3.63) is 65.0 Å². The number of rotatable bonds is 5. The van der Waals surface area contributed by atoms with E-state index in [9.17, 15) is 0 Å². The molecule has 1 atom stereocenters. The van der Waals surface area contributed by atoms with Crippen LogP contribution in [-0.2, 0) is 0 Å². The summed E-state index contributed by atoms with van der Waals surface area (Å²) in [5.41, 5.74) is 5.13. The van der Waals surface area contributed by atoms with E-state index in [4.69, 9.17) is 4.98 Å². The molecule has 1 unspecified atom stereocenters. The van der Waals surface area contributed by atoms with Crippen LogP contribution in [0.5, 0.6) is 0 Å². The van der Waals surface area contributed by atoms with E-state index in [-0.39, 0.29) is 6.04 Å². The summed E-state index contributed by atoms with van der Waals surface area (Å²) in [6, 6.07) is 15.4. The molecule has 0 amide bonds. The predicted molar refractivity (Wildman–Crippen MR) is 87.5 cm³/mol. The van der Waals surface area contributed by atoms with Crippen LogP contribution in [0, 0.1) is 6.92 Å². The highest BCUT2D eigenvalue weighted by Gasteiger charge is 2.25. The molecule has 2 nitrogen and oxygen atoms in total. The third-order valence-corrected chi connectivity index (χ3v) is 4.47. The van der Waals surface area contributed by atoms with E-state index >= 15 is 0 Å². The first kappa shape index (κ1) is 14.3. The zero-order chi connectivity index (χ0) is 14.7. The first-order valence-corrected chi connectivity index (χ1v) is 8.05. The van der Waals surface area contributed by atoms with Gasteiger partial charge in [0.15, 0.2) is 0 Å². The summed E-state index contributed by atoms with van der Waals surface area (Å²) in [4.78, 5) is 4.75. The zero-order valence-corrected chi connectivity index (χ0v) is 13.0. The molecule has 1 aromatic heterocycles. The van der Waals surface area contributed by atoms with Crippen LogP contribution >= 0.6 is 0 Å². The van der Waals surface area contributed by atoms with Gasteiger partial charge in [0.25, 0.3) is 0 Å². The minimum Gasteiger partial charge on any atom is -0.305 e. The van der Waals surface area contributed by atoms with E-state index in [2.05, 4.69) is 61.6 Å². The van der Waals surface area contributed by atoms with Crippen LogP contribution in [0.1, 0.15) is 60.7 Å². The van der Waals surface area contributed by atoms with Crippen LogP contribution in [0.3, 0.4) is 0 Å². The van der Waals surface area contributed by atoms with Crippen molar-refractivity contribution < 1.29 is 0 Å². The van der Waals surface area contributed by atoms with Gasteiger partial charge >= 0.3 is 0 Å². The number of benzene rings is 1. The van der Waals surface area contributed by atoms with Crippen molar-refractivity contribution >= 4 is 0 Å². The Morgan fingerprint density at radius 3 is 2.62 bits per heavy atom. The molecular formula is C19H24N2. The van der Waals surface area contributed by atoms with Gasteiger partial charge in [-0.3, -0.25) is 4.98 Å². The summed E-state index contributed by atoms with van der Waals surface area (Å²) < 4.78 is 0. The molecular weight excluding hydrogens is 256 g/mol. The van der Waals surface area contributed by atoms with Crippen molar-refractivity contribution in [3.63, 3.8) is 0 Å². The molecule has 2 aromatic rings. The van der Waals surface area contributed by atoms with Crippen molar-refractivity contribution in [2.45, 2.75) is 45.1 Å². The van der Waals surface area contributed by atoms with Crippen molar-refractivity contribution in [3.8, 4) is 0 Å². The summed E-state index contributed by atoms with van der Waals surface area (Å²) in [5.74, 6) is 0.743. The van der Waals surface area contributed by atoms with E-state index < -0.39 is 0 Å². The van der Waals surface area contributed by atoms with Crippen molar-refractivity contribution in [2.24, 2.45) is 0 Å². The lowest BCUT2D eigenvalue weighted by molar-refractivity contribution is 0.414. The molecule has 110 valence electrons. The maximum atomic E-state index is 4.75. The van der Waals surface area contributed by atoms with Crippen LogP contribution in [0.2, 0.25) is 0 Å². The molecule has 1 aliphatic carbocycles. The van der Waals surface area contributed by atoms with Crippen molar-refractivity contribution in [1.29, 1.82) is 0 Å². The lowest BCUT2D eigenvalue weighted by Crippen LogP contribution is -2.25. The van der Waals surface area contributed by atoms with Gasteiger partial charge in [0.2, 0.25) is 0 Å². The number of nitrogens with zero attached hydrogens (tertiary/aromatic N) is 1. The lowest BCUT2D eigenvalue weighted by atomic mass is 9.77. The minimum absolute atomic E-state index is 0.201. The van der Waals surface area contributed by atoms with Gasteiger partial charge in [-0.1, -0.05) is 43.7 Å². The van der Waals surface area contributed by atoms with E-state index in [1.165, 1.54) is 30.4 Å². The molecule has 1 saturated carbocycles. The molecule has 0 aliphatic heterocycles. The maximum Gasteiger partial charge on any atom is 0.0754 e. The molecule has 21 heavy (non-hydrogen) atoms. The maximum absolute atomic E-state index is 4.75. The highest BCUT2D eigenvalue weighted by Crippen LogP contribution is 2.40. The summed E-state index contributed by atoms with van der Waals surface area (Å²) in [6.45, 7) is 5.17. The third-order valence-electron chi connectivity index (χ3n) is 4.47. The van der Waals surface area contributed by atoms with E-state index in [1.54, 1.807) is 0 Å². The quantitative estimate of drug-likeness (QED) is 0.880. The second-order valence-electron chi connectivity index (χ2n) is 5.95. The molecule has 3 rings (SSSR count). The Bertz CT molecular complexity index is 602. The Morgan fingerprint density at radius 1 is 1.14 bits per heavy atom. The average molecular weight is 280 g/mol. The van der Waals surface area contributed by atoms with Gasteiger partial charge in [0.1, 0.15) is 0 Å². The molecule has 2 heteroatoms. The van der Waals surface area contributed by atoms with Crippen molar-refractivity contribution in [2.75, 3.05) is 6.54 Å². The Balaban J connectivity index is 2.01. The predicted octanol–water partition coefficient (Wildman–Crippen LogP) is 4.36. The highest BCUT2D eigenvalue weighted by molar-refractivity contribution is 5.38. The SMILES string of the molecule is CCNC(c1cccc(C)n1)c1ccccc1C1CCC1. The summed E-state index contributed by atoms with van der Waals surface area (Å²) in [6.07, 6.45) is 4.03. The number of aromatic nitrogens is 1. The van der Waals surface area contributed by atoms with Crippen LogP contribution in [0.4, 0.5) is 0 Å². The Morgan fingerprint density at radius 2 is 1.95 bits per heavy atom. The molecule has 0 saturated heterocycles. The largest absolute Gasteiger partial charge is 0.305 e. The normalized spacial score (nSPS) is 16.5. The lowest BCUT2D eigenvalue weighted by Gasteiger charge is -2.30. The highest BCUT2D eigenvalue weighted by atomic mass is 14.9. The molecule has 1 aromatic carbocycles. The third kappa shape index (κ3) is 3.01. The first-order chi connectivity index (χ1) is 10.3. The molecule has 0 bridgehead atoms. The van der Waals surface area contributed by atoms with Crippen LogP contribution < -0.4 is 5.32 Å². The number of hydrogen-bond donors (Lipinski definition) is 1. The minimum atomic E-state index is 0.201. The van der Waals surface area contributed by atoms with E-state index in [1.807, 2.05) is 0 Å². The Labute approximate surface area is 127 Å². The number of aryl methyl sites for hydroxylation is 1. The smallest absolute Gasteiger partial charge is 0.0754 e. The van der Waals surface area contributed by atoms with Crippen LogP contribution in [0.25, 0.3) is 0 Å². The molecule has 1 aliphatic rings. The molecule has 1 fully saturated rings. The van der Waals surface area contributed by atoms with Crippen LogP contribution in [-0.4, -0.2) is 11.5 Å². The fraction of sp³-hybridized carbons (Fsp3) is 0.421. The second kappa shape index (κ2) is 6.40. The topological polar surface area (TPSA) is 24.9 Å². The van der Waals surface area contributed by atoms with Gasteiger partial charge in [-0.25, -0.2) is 0 Å². The molecule has 1 N–H and O–H groups in total. The number of hydrogen-bond acceptors (Lipinski definition) is 2. The van der Waals surface area contributed by atoms with Crippen molar-refractivity contribution in [1.82, 2.24) is 10.3 Å². The van der Waals surface area contributed by atoms with Gasteiger partial charge in [-0.15, -0.1) is 0 Å². The first-order valence-electron chi connectivity index (χ1n) is 8.05. The van der Waals surface area contributed by atoms with Crippen LogP contribution in [0.15, 0.2) is 42.5 Å². The van der Waals surface area contributed by atoms with Gasteiger partial charge in [-0.05, 0) is 55.5 Å². The molecule has 0 radical (unpaired) electrons. The zero-order valence-electron chi connectivity index (χ0n) is 13.0. The molecule has 0 spiro atoms. The number of nitrogens with one attached hydrogen (secondary N) is 1. The van der Waals surface area contributed by atoms with Gasteiger partial charge in [-0.2, -0.15) is 0 Å². The second-order valence-corrected chi connectivity index (χ2v) is 5.95. The standard InChI is InChI=1S/C19H24N2/c1-3-20-19(18-13-6-8-14(2)21-18)17-12-5-4-11-16(17)15-9-7-10-15/h4-6,8,11-13,15,19-20H,3,7,9-10H2,1-2H3. The number of pyridine rings is 1. The van der Waals surface area contributed by atoms with E-state index in [0.717, 1.165) is 23.9 Å². The Hall–Kier alpha value is -1.67. The monoisotopic (exact) mass is 280 g/mol. The average Bonchev–Trinajstić information content (AvgIpc) is 2.44. The summed E-state index contributed by atoms with van der Waals surface area (Å²) in [7, 11) is 0. The molecule has 1 heterocycles. The van der Waals surface area contributed by atoms with E-state index in [0.29, 0.717) is 0 Å².